The van der Waals surface area contributed by atoms with Gasteiger partial charge < -0.3 is 4.90 Å². The Morgan fingerprint density at radius 2 is 1.10 bits per heavy atom. The fraction of sp³-hybridized carbons (Fsp3) is 0.413. The number of aromatic nitrogens is 2. The molecular weight excluding hydrogens is 595 g/mol. The van der Waals surface area contributed by atoms with Crippen LogP contribution in [0.15, 0.2) is 97.2 Å². The zero-order valence-corrected chi connectivity index (χ0v) is 32.5. The average molecular weight is 654 g/mol. The largest absolute Gasteiger partial charge is 0.310 e. The highest BCUT2D eigenvalue weighted by Crippen LogP contribution is 2.41. The summed E-state index contributed by atoms with van der Waals surface area (Å²) in [6.45, 7) is 29.7. The molecule has 0 atom stereocenters. The van der Waals surface area contributed by atoms with Crippen LogP contribution in [-0.4, -0.2) is 9.55 Å². The minimum absolute atomic E-state index is 0.0393. The maximum Gasteiger partial charge on any atom is 0.144 e. The molecule has 1 aromatic heterocycles. The zero-order valence-electron chi connectivity index (χ0n) is 32.5. The summed E-state index contributed by atoms with van der Waals surface area (Å²) in [5.41, 5.74) is 12.4. The number of anilines is 3. The molecule has 3 heteroatoms. The van der Waals surface area contributed by atoms with Gasteiger partial charge in [0.1, 0.15) is 5.82 Å². The van der Waals surface area contributed by atoms with E-state index in [0.717, 1.165) is 41.3 Å². The van der Waals surface area contributed by atoms with Crippen LogP contribution in [0.3, 0.4) is 0 Å². The van der Waals surface area contributed by atoms with E-state index in [1.54, 1.807) is 0 Å². The zero-order chi connectivity index (χ0) is 35.9. The van der Waals surface area contributed by atoms with Gasteiger partial charge in [0.05, 0.1) is 5.69 Å². The summed E-state index contributed by atoms with van der Waals surface area (Å²) in [5.74, 6) is 0.971. The van der Waals surface area contributed by atoms with E-state index in [1.165, 1.54) is 33.6 Å². The first kappa shape index (κ1) is 36.2. The second kappa shape index (κ2) is 13.3. The van der Waals surface area contributed by atoms with Crippen LogP contribution < -0.4 is 4.90 Å². The second-order valence-electron chi connectivity index (χ2n) is 17.7. The lowest BCUT2D eigenvalue weighted by Gasteiger charge is -2.29. The summed E-state index contributed by atoms with van der Waals surface area (Å²) in [4.78, 5) is 7.57. The van der Waals surface area contributed by atoms with Crippen LogP contribution >= 0.6 is 0 Å². The van der Waals surface area contributed by atoms with Gasteiger partial charge in [-0.05, 0) is 94.3 Å². The number of rotatable bonds is 8. The Bertz CT molecular complexity index is 1830. The summed E-state index contributed by atoms with van der Waals surface area (Å²) < 4.78 is 2.43. The lowest BCUT2D eigenvalue weighted by Crippen LogP contribution is -2.22. The molecule has 0 aliphatic carbocycles. The van der Waals surface area contributed by atoms with Crippen molar-refractivity contribution in [3.05, 3.63) is 125 Å². The van der Waals surface area contributed by atoms with Crippen molar-refractivity contribution in [1.82, 2.24) is 9.55 Å². The van der Waals surface area contributed by atoms with Crippen molar-refractivity contribution in [3.8, 4) is 17.1 Å². The minimum Gasteiger partial charge on any atom is -0.310 e. The van der Waals surface area contributed by atoms with E-state index in [0.29, 0.717) is 0 Å². The van der Waals surface area contributed by atoms with Crippen LogP contribution in [0.25, 0.3) is 17.1 Å². The topological polar surface area (TPSA) is 21.1 Å². The summed E-state index contributed by atoms with van der Waals surface area (Å²) in [6.07, 6.45) is 4.31. The van der Waals surface area contributed by atoms with Gasteiger partial charge in [0.15, 0.2) is 0 Å². The minimum atomic E-state index is -0.0393. The molecule has 49 heavy (non-hydrogen) atoms. The number of aryl methyl sites for hydroxylation is 1. The fourth-order valence-electron chi connectivity index (χ4n) is 6.85. The van der Waals surface area contributed by atoms with E-state index in [-0.39, 0.29) is 21.7 Å². The third kappa shape index (κ3) is 7.72. The first-order valence-corrected chi connectivity index (χ1v) is 18.1. The van der Waals surface area contributed by atoms with Gasteiger partial charge in [-0.2, -0.15) is 0 Å². The van der Waals surface area contributed by atoms with E-state index >= 15 is 0 Å². The van der Waals surface area contributed by atoms with Crippen LogP contribution in [0.4, 0.5) is 17.1 Å². The first-order chi connectivity index (χ1) is 22.8. The highest BCUT2D eigenvalue weighted by Gasteiger charge is 2.28. The second-order valence-corrected chi connectivity index (χ2v) is 17.7. The van der Waals surface area contributed by atoms with Crippen molar-refractivity contribution in [2.45, 2.75) is 125 Å². The summed E-state index contributed by atoms with van der Waals surface area (Å²) in [6, 6.07) is 34.0. The van der Waals surface area contributed by atoms with Gasteiger partial charge in [-0.15, -0.1) is 0 Å². The van der Waals surface area contributed by atoms with E-state index in [4.69, 9.17) is 4.98 Å². The predicted molar refractivity (Wildman–Crippen MR) is 212 cm³/mol. The number of nitrogens with zero attached hydrogens (tertiary/aromatic N) is 3. The first-order valence-electron chi connectivity index (χ1n) is 18.1. The van der Waals surface area contributed by atoms with Gasteiger partial charge in [-0.25, -0.2) is 4.98 Å². The molecule has 4 aromatic carbocycles. The molecule has 0 amide bonds. The Kier molecular flexibility index (Phi) is 9.83. The van der Waals surface area contributed by atoms with Crippen LogP contribution in [0.2, 0.25) is 0 Å². The molecule has 3 nitrogen and oxygen atoms in total. The smallest absolute Gasteiger partial charge is 0.144 e. The third-order valence-corrected chi connectivity index (χ3v) is 9.98. The van der Waals surface area contributed by atoms with Crippen molar-refractivity contribution in [2.75, 3.05) is 4.90 Å². The summed E-state index contributed by atoms with van der Waals surface area (Å²) >= 11 is 0. The summed E-state index contributed by atoms with van der Waals surface area (Å²) in [7, 11) is 0. The van der Waals surface area contributed by atoms with Gasteiger partial charge in [-0.3, -0.25) is 4.57 Å². The molecular formula is C46H59N3. The van der Waals surface area contributed by atoms with Crippen molar-refractivity contribution in [2.24, 2.45) is 0 Å². The van der Waals surface area contributed by atoms with Gasteiger partial charge in [0.25, 0.3) is 0 Å². The van der Waals surface area contributed by atoms with Crippen LogP contribution in [0, 0.1) is 6.92 Å². The molecule has 0 spiro atoms. The monoisotopic (exact) mass is 653 g/mol. The van der Waals surface area contributed by atoms with Crippen molar-refractivity contribution < 1.29 is 0 Å². The predicted octanol–water partition coefficient (Wildman–Crippen LogP) is 13.3. The molecule has 0 radical (unpaired) electrons. The van der Waals surface area contributed by atoms with E-state index in [1.807, 2.05) is 0 Å². The lowest BCUT2D eigenvalue weighted by molar-refractivity contribution is 0.453. The molecule has 258 valence electrons. The molecule has 0 saturated heterocycles. The van der Waals surface area contributed by atoms with Crippen LogP contribution in [-0.2, 0) is 21.7 Å². The van der Waals surface area contributed by atoms with Gasteiger partial charge in [0, 0.05) is 39.9 Å². The average Bonchev–Trinajstić information content (AvgIpc) is 3.47. The normalized spacial score (nSPS) is 12.8. The molecule has 0 bridgehead atoms. The Labute approximate surface area is 297 Å². The van der Waals surface area contributed by atoms with E-state index < -0.39 is 0 Å². The highest BCUT2D eigenvalue weighted by molar-refractivity contribution is 5.79. The summed E-state index contributed by atoms with van der Waals surface area (Å²) in [5, 5.41) is 0. The molecule has 5 rings (SSSR count). The van der Waals surface area contributed by atoms with Crippen molar-refractivity contribution in [1.29, 1.82) is 0 Å². The van der Waals surface area contributed by atoms with Gasteiger partial charge in [-0.1, -0.05) is 138 Å². The fourth-order valence-corrected chi connectivity index (χ4v) is 6.85. The maximum atomic E-state index is 5.19. The van der Waals surface area contributed by atoms with Crippen molar-refractivity contribution >= 4 is 17.1 Å². The maximum absolute atomic E-state index is 5.19. The molecule has 5 aromatic rings. The Hall–Kier alpha value is -4.11. The molecule has 0 saturated carbocycles. The molecule has 0 N–H and O–H groups in total. The lowest BCUT2D eigenvalue weighted by atomic mass is 9.84. The molecule has 0 aliphatic rings. The highest BCUT2D eigenvalue weighted by atomic mass is 15.1. The SMILES string of the molecule is CCCC(C)(C)c1cnc(-c2cccc(N(c3ccc(C(C)(C)C)cc3)c3ccc(C(C)(C)C)cc3)c2)n1-c1ccc(C(C)(C)C)cc1C. The quantitative estimate of drug-likeness (QED) is 0.166. The van der Waals surface area contributed by atoms with E-state index in [2.05, 4.69) is 197 Å². The Balaban J connectivity index is 1.70. The number of imidazole rings is 1. The van der Waals surface area contributed by atoms with Crippen LogP contribution in [0.5, 0.6) is 0 Å². The Morgan fingerprint density at radius 1 is 0.592 bits per heavy atom. The number of hydrogen-bond acceptors (Lipinski definition) is 2. The molecule has 1 heterocycles. The van der Waals surface area contributed by atoms with E-state index in [9.17, 15) is 0 Å². The van der Waals surface area contributed by atoms with Crippen LogP contribution in [0.1, 0.15) is 124 Å². The Morgan fingerprint density at radius 3 is 1.57 bits per heavy atom. The standard InChI is InChI=1S/C46H59N3/c1-14-28-46(12,13)41-31-47-42(49(41)40-27-22-36(29-32(40)2)45(9,10)11)33-16-15-17-39(30-33)48(37-23-18-34(19-24-37)43(3,4)5)38-25-20-35(21-26-38)44(6,7)8/h15-27,29-31H,14,28H2,1-13H3. The molecule has 0 aliphatic heterocycles. The molecule has 0 unspecified atom stereocenters. The van der Waals surface area contributed by atoms with Crippen molar-refractivity contribution in [3.63, 3.8) is 0 Å². The van der Waals surface area contributed by atoms with Gasteiger partial charge in [0.2, 0.25) is 0 Å². The number of hydrogen-bond donors (Lipinski definition) is 0. The third-order valence-electron chi connectivity index (χ3n) is 9.98. The number of benzene rings is 4. The molecule has 0 fully saturated rings. The van der Waals surface area contributed by atoms with Gasteiger partial charge >= 0.3 is 0 Å².